The molecule has 0 aromatic heterocycles. The van der Waals surface area contributed by atoms with Gasteiger partial charge in [0.1, 0.15) is 17.8 Å². The Morgan fingerprint density at radius 3 is 2.17 bits per heavy atom. The molecule has 0 bridgehead atoms. The van der Waals surface area contributed by atoms with Crippen LogP contribution < -0.4 is 15.0 Å². The minimum absolute atomic E-state index is 0.184. The van der Waals surface area contributed by atoms with Crippen molar-refractivity contribution in [2.45, 2.75) is 45.1 Å². The Balaban J connectivity index is 1.57. The molecule has 4 amide bonds. The monoisotopic (exact) mass is 416 g/mol. The van der Waals surface area contributed by atoms with Crippen LogP contribution in [-0.2, 0) is 9.59 Å². The van der Waals surface area contributed by atoms with E-state index in [1.54, 1.807) is 12.0 Å². The molecule has 0 spiro atoms. The van der Waals surface area contributed by atoms with Gasteiger partial charge in [-0.2, -0.15) is 0 Å². The van der Waals surface area contributed by atoms with E-state index in [4.69, 9.17) is 4.74 Å². The van der Waals surface area contributed by atoms with Crippen LogP contribution in [0.15, 0.2) is 24.3 Å². The van der Waals surface area contributed by atoms with Gasteiger partial charge in [0.05, 0.1) is 7.11 Å². The Bertz CT molecular complexity index is 766. The number of nitrogens with one attached hydrogen (secondary N) is 1. The highest BCUT2D eigenvalue weighted by Crippen LogP contribution is 2.28. The molecule has 0 radical (unpaired) electrons. The number of amides is 4. The molecule has 8 heteroatoms. The molecule has 2 saturated heterocycles. The maximum absolute atomic E-state index is 13.0. The predicted molar refractivity (Wildman–Crippen MR) is 115 cm³/mol. The third-order valence-corrected chi connectivity index (χ3v) is 5.96. The number of ether oxygens (including phenoxy) is 1. The van der Waals surface area contributed by atoms with Crippen LogP contribution in [0.5, 0.6) is 5.75 Å². The Labute approximate surface area is 178 Å². The summed E-state index contributed by atoms with van der Waals surface area (Å²) in [6, 6.07) is 7.40. The zero-order chi connectivity index (χ0) is 21.7. The first kappa shape index (κ1) is 21.9. The largest absolute Gasteiger partial charge is 0.497 e. The number of carbonyl (C=O) groups excluding carboxylic acids is 3. The average molecular weight is 417 g/mol. The molecule has 1 aromatic carbocycles. The van der Waals surface area contributed by atoms with E-state index in [-0.39, 0.29) is 18.4 Å². The van der Waals surface area contributed by atoms with Gasteiger partial charge in [-0.15, -0.1) is 0 Å². The minimum atomic E-state index is -0.853. The van der Waals surface area contributed by atoms with Gasteiger partial charge in [0.2, 0.25) is 5.91 Å². The fraction of sp³-hybridized carbons (Fsp3) is 0.591. The molecule has 30 heavy (non-hydrogen) atoms. The number of methoxy groups -OCH3 is 1. The fourth-order valence-corrected chi connectivity index (χ4v) is 4.38. The van der Waals surface area contributed by atoms with Gasteiger partial charge in [-0.25, -0.2) is 4.79 Å². The van der Waals surface area contributed by atoms with Crippen molar-refractivity contribution in [1.82, 2.24) is 15.1 Å². The van der Waals surface area contributed by atoms with Gasteiger partial charge >= 0.3 is 6.03 Å². The topological polar surface area (TPSA) is 82.2 Å². The number of anilines is 1. The zero-order valence-electron chi connectivity index (χ0n) is 18.1. The number of imide groups is 1. The summed E-state index contributed by atoms with van der Waals surface area (Å²) >= 11 is 0. The Hall–Kier alpha value is -2.77. The molecule has 8 nitrogen and oxygen atoms in total. The van der Waals surface area contributed by atoms with Crippen LogP contribution in [0.25, 0.3) is 0 Å². The number of rotatable bonds is 8. The van der Waals surface area contributed by atoms with Crippen molar-refractivity contribution in [3.8, 4) is 5.75 Å². The molecule has 0 unspecified atom stereocenters. The first-order valence-electron chi connectivity index (χ1n) is 10.7. The van der Waals surface area contributed by atoms with Crippen molar-refractivity contribution < 1.29 is 19.1 Å². The number of carbonyl (C=O) groups is 3. The highest BCUT2D eigenvalue weighted by molar-refractivity contribution is 6.09. The molecule has 1 aromatic rings. The number of hydrogen-bond donors (Lipinski definition) is 1. The van der Waals surface area contributed by atoms with Crippen molar-refractivity contribution in [3.63, 3.8) is 0 Å². The van der Waals surface area contributed by atoms with Crippen molar-refractivity contribution in [2.24, 2.45) is 0 Å². The summed E-state index contributed by atoms with van der Waals surface area (Å²) in [5, 5.41) is 2.86. The summed E-state index contributed by atoms with van der Waals surface area (Å²) in [5.41, 5.74) is 0.231. The van der Waals surface area contributed by atoms with Crippen molar-refractivity contribution in [3.05, 3.63) is 24.3 Å². The Morgan fingerprint density at radius 2 is 1.63 bits per heavy atom. The number of piperazine rings is 1. The van der Waals surface area contributed by atoms with Crippen LogP contribution in [-0.4, -0.2) is 73.0 Å². The normalized spacial score (nSPS) is 18.6. The maximum Gasteiger partial charge on any atom is 0.325 e. The fourth-order valence-electron chi connectivity index (χ4n) is 4.38. The van der Waals surface area contributed by atoms with Gasteiger partial charge in [-0.1, -0.05) is 26.7 Å². The first-order valence-corrected chi connectivity index (χ1v) is 10.7. The minimum Gasteiger partial charge on any atom is -0.497 e. The summed E-state index contributed by atoms with van der Waals surface area (Å²) in [6.07, 6.45) is 2.77. The maximum atomic E-state index is 13.0. The first-order chi connectivity index (χ1) is 14.4. The molecular formula is C22H32N4O4. The van der Waals surface area contributed by atoms with E-state index < -0.39 is 11.6 Å². The molecule has 2 heterocycles. The summed E-state index contributed by atoms with van der Waals surface area (Å²) in [6.45, 7) is 6.32. The van der Waals surface area contributed by atoms with E-state index in [1.165, 1.54) is 0 Å². The van der Waals surface area contributed by atoms with Gasteiger partial charge < -0.3 is 19.9 Å². The van der Waals surface area contributed by atoms with Crippen LogP contribution in [0.2, 0.25) is 0 Å². The molecule has 164 valence electrons. The smallest absolute Gasteiger partial charge is 0.325 e. The summed E-state index contributed by atoms with van der Waals surface area (Å²) in [7, 11) is 1.64. The second kappa shape index (κ2) is 9.36. The second-order valence-corrected chi connectivity index (χ2v) is 7.97. The van der Waals surface area contributed by atoms with Crippen molar-refractivity contribution in [1.29, 1.82) is 0 Å². The van der Waals surface area contributed by atoms with Crippen LogP contribution in [0, 0.1) is 0 Å². The molecule has 2 aliphatic heterocycles. The lowest BCUT2D eigenvalue weighted by atomic mass is 9.88. The lowest BCUT2D eigenvalue weighted by Crippen LogP contribution is -2.52. The SMILES string of the molecule is CCCC1(CCC)NC(=O)N(CC(=O)N2CCN(c3ccc(OC)cc3)CC2)C1=O. The van der Waals surface area contributed by atoms with Crippen LogP contribution in [0.1, 0.15) is 39.5 Å². The quantitative estimate of drug-likeness (QED) is 0.657. The van der Waals surface area contributed by atoms with Crippen LogP contribution in [0.3, 0.4) is 0 Å². The molecule has 1 N–H and O–H groups in total. The predicted octanol–water partition coefficient (Wildman–Crippen LogP) is 2.23. The third-order valence-electron chi connectivity index (χ3n) is 5.96. The molecular weight excluding hydrogens is 384 g/mol. The van der Waals surface area contributed by atoms with E-state index in [0.29, 0.717) is 39.0 Å². The van der Waals surface area contributed by atoms with Gasteiger partial charge in [0.25, 0.3) is 5.91 Å². The van der Waals surface area contributed by atoms with Gasteiger partial charge in [0.15, 0.2) is 0 Å². The van der Waals surface area contributed by atoms with Gasteiger partial charge in [-0.3, -0.25) is 14.5 Å². The summed E-state index contributed by atoms with van der Waals surface area (Å²) in [5.74, 6) is 0.362. The number of benzene rings is 1. The highest BCUT2D eigenvalue weighted by Gasteiger charge is 2.50. The highest BCUT2D eigenvalue weighted by atomic mass is 16.5. The zero-order valence-corrected chi connectivity index (χ0v) is 18.1. The molecule has 2 fully saturated rings. The number of urea groups is 1. The van der Waals surface area contributed by atoms with Crippen LogP contribution in [0.4, 0.5) is 10.5 Å². The lowest BCUT2D eigenvalue weighted by molar-refractivity contribution is -0.139. The van der Waals surface area contributed by atoms with E-state index in [9.17, 15) is 14.4 Å². The van der Waals surface area contributed by atoms with E-state index >= 15 is 0 Å². The Kier molecular flexibility index (Phi) is 6.84. The lowest BCUT2D eigenvalue weighted by Gasteiger charge is -2.36. The molecule has 0 saturated carbocycles. The molecule has 0 atom stereocenters. The molecule has 0 aliphatic carbocycles. The number of hydrogen-bond acceptors (Lipinski definition) is 5. The standard InChI is InChI=1S/C22H32N4O4/c1-4-10-22(11-5-2)20(28)26(21(29)23-22)16-19(27)25-14-12-24(13-15-25)17-6-8-18(30-3)9-7-17/h6-9H,4-5,10-16H2,1-3H3,(H,23,29). The van der Waals surface area contributed by atoms with E-state index in [1.807, 2.05) is 38.1 Å². The third kappa shape index (κ3) is 4.37. The van der Waals surface area contributed by atoms with E-state index in [2.05, 4.69) is 10.2 Å². The summed E-state index contributed by atoms with van der Waals surface area (Å²) < 4.78 is 5.19. The number of nitrogens with zero attached hydrogens (tertiary/aromatic N) is 3. The van der Waals surface area contributed by atoms with Gasteiger partial charge in [0, 0.05) is 31.9 Å². The molecule has 3 rings (SSSR count). The second-order valence-electron chi connectivity index (χ2n) is 7.97. The summed E-state index contributed by atoms with van der Waals surface area (Å²) in [4.78, 5) is 43.3. The average Bonchev–Trinajstić information content (AvgIpc) is 2.98. The molecule has 2 aliphatic rings. The van der Waals surface area contributed by atoms with Crippen molar-refractivity contribution in [2.75, 3.05) is 44.7 Å². The van der Waals surface area contributed by atoms with Crippen LogP contribution >= 0.6 is 0 Å². The van der Waals surface area contributed by atoms with E-state index in [0.717, 1.165) is 29.2 Å². The van der Waals surface area contributed by atoms with Crippen molar-refractivity contribution >= 4 is 23.5 Å². The Morgan fingerprint density at radius 1 is 1.03 bits per heavy atom. The van der Waals surface area contributed by atoms with Gasteiger partial charge in [-0.05, 0) is 37.1 Å².